The average Bonchev–Trinajstić information content (AvgIpc) is 2.04. The molecule has 0 saturated heterocycles. The van der Waals surface area contributed by atoms with Crippen LogP contribution in [0.25, 0.3) is 0 Å². The molecule has 3 heteroatoms. The Morgan fingerprint density at radius 2 is 2.27 bits per heavy atom. The highest BCUT2D eigenvalue weighted by Crippen LogP contribution is 2.14. The van der Waals surface area contributed by atoms with Crippen LogP contribution in [0.1, 0.15) is 5.56 Å². The van der Waals surface area contributed by atoms with Crippen molar-refractivity contribution in [3.05, 3.63) is 23.8 Å². The lowest BCUT2D eigenvalue weighted by atomic mass is 9.94. The van der Waals surface area contributed by atoms with Crippen molar-refractivity contribution in [3.8, 4) is 5.75 Å². The van der Waals surface area contributed by atoms with Crippen molar-refractivity contribution in [2.75, 3.05) is 7.11 Å². The molecule has 0 aromatic heterocycles. The molecule has 2 N–H and O–H groups in total. The maximum absolute atomic E-state index is 5.52. The van der Waals surface area contributed by atoms with Gasteiger partial charge in [-0.05, 0) is 6.07 Å². The predicted octanol–water partition coefficient (Wildman–Crippen LogP) is -0.588. The molecule has 11 heavy (non-hydrogen) atoms. The van der Waals surface area contributed by atoms with Gasteiger partial charge in [-0.2, -0.15) is 0 Å². The van der Waals surface area contributed by atoms with Crippen molar-refractivity contribution in [2.45, 2.75) is 6.54 Å². The maximum Gasteiger partial charge on any atom is 0.139 e. The van der Waals surface area contributed by atoms with Crippen LogP contribution in [-0.4, -0.2) is 15.0 Å². The zero-order valence-electron chi connectivity index (χ0n) is 6.92. The lowest BCUT2D eigenvalue weighted by Crippen LogP contribution is -2.07. The fraction of sp³-hybridized carbons (Fsp3) is 0.250. The molecule has 0 saturated carbocycles. The lowest BCUT2D eigenvalue weighted by Gasteiger charge is -2.06. The zero-order chi connectivity index (χ0) is 8.27. The van der Waals surface area contributed by atoms with E-state index in [4.69, 9.17) is 10.5 Å². The first-order valence-electron chi connectivity index (χ1n) is 3.61. The van der Waals surface area contributed by atoms with E-state index in [1.807, 2.05) is 26.0 Å². The minimum absolute atomic E-state index is 0.533. The minimum Gasteiger partial charge on any atom is -0.496 e. The van der Waals surface area contributed by atoms with Crippen molar-refractivity contribution in [1.29, 1.82) is 0 Å². The molecule has 0 radical (unpaired) electrons. The van der Waals surface area contributed by atoms with Gasteiger partial charge in [-0.15, -0.1) is 0 Å². The minimum atomic E-state index is 0.533. The molecule has 0 atom stereocenters. The van der Waals surface area contributed by atoms with Crippen molar-refractivity contribution in [1.82, 2.24) is 0 Å². The molecule has 1 rings (SSSR count). The third-order valence-corrected chi connectivity index (χ3v) is 1.66. The Bertz CT molecular complexity index is 250. The van der Waals surface area contributed by atoms with Crippen molar-refractivity contribution in [2.24, 2.45) is 5.73 Å². The predicted molar refractivity (Wildman–Crippen MR) is 49.1 cm³/mol. The summed E-state index contributed by atoms with van der Waals surface area (Å²) in [4.78, 5) is 0. The van der Waals surface area contributed by atoms with Gasteiger partial charge in [0.1, 0.15) is 13.6 Å². The third kappa shape index (κ3) is 1.74. The molecule has 0 aliphatic rings. The van der Waals surface area contributed by atoms with Crippen LogP contribution in [0.4, 0.5) is 0 Å². The maximum atomic E-state index is 5.52. The summed E-state index contributed by atoms with van der Waals surface area (Å²) in [6.45, 7) is 0.533. The molecule has 0 amide bonds. The second-order valence-electron chi connectivity index (χ2n) is 2.52. The number of hydrogen-bond donors (Lipinski definition) is 1. The van der Waals surface area contributed by atoms with Crippen molar-refractivity contribution < 1.29 is 4.74 Å². The Kier molecular flexibility index (Phi) is 2.55. The standard InChI is InChI=1S/C8H12BNO/c1-11-8-3-2-7(9)4-6(8)5-10/h2-4H,5,9-10H2,1H3. The Labute approximate surface area is 67.8 Å². The van der Waals surface area contributed by atoms with E-state index < -0.39 is 0 Å². The fourth-order valence-electron chi connectivity index (χ4n) is 1.07. The molecule has 1 aromatic rings. The summed E-state index contributed by atoms with van der Waals surface area (Å²) in [6, 6.07) is 5.99. The normalized spacial score (nSPS) is 9.64. The van der Waals surface area contributed by atoms with E-state index in [1.54, 1.807) is 7.11 Å². The largest absolute Gasteiger partial charge is 0.496 e. The summed E-state index contributed by atoms with van der Waals surface area (Å²) < 4.78 is 5.11. The van der Waals surface area contributed by atoms with Gasteiger partial charge in [0.25, 0.3) is 0 Å². The first kappa shape index (κ1) is 8.14. The van der Waals surface area contributed by atoms with Gasteiger partial charge in [0.05, 0.1) is 7.11 Å². The summed E-state index contributed by atoms with van der Waals surface area (Å²) in [5, 5.41) is 0. The second kappa shape index (κ2) is 3.44. The summed E-state index contributed by atoms with van der Waals surface area (Å²) in [5.74, 6) is 0.873. The monoisotopic (exact) mass is 149 g/mol. The van der Waals surface area contributed by atoms with Gasteiger partial charge in [-0.25, -0.2) is 0 Å². The SMILES string of the molecule is Bc1ccc(OC)c(CN)c1. The third-order valence-electron chi connectivity index (χ3n) is 1.66. The molecule has 0 bridgehead atoms. The van der Waals surface area contributed by atoms with Crippen molar-refractivity contribution in [3.63, 3.8) is 0 Å². The van der Waals surface area contributed by atoms with Crippen LogP contribution in [0.2, 0.25) is 0 Å². The van der Waals surface area contributed by atoms with Crippen LogP contribution in [-0.2, 0) is 6.54 Å². The van der Waals surface area contributed by atoms with Crippen LogP contribution in [0.15, 0.2) is 18.2 Å². The molecular formula is C8H12BNO. The summed E-state index contributed by atoms with van der Waals surface area (Å²) >= 11 is 0. The fourth-order valence-corrected chi connectivity index (χ4v) is 1.07. The van der Waals surface area contributed by atoms with E-state index in [-0.39, 0.29) is 0 Å². The first-order valence-corrected chi connectivity index (χ1v) is 3.61. The molecule has 1 aromatic carbocycles. The molecule has 0 fully saturated rings. The van der Waals surface area contributed by atoms with E-state index in [1.165, 1.54) is 5.46 Å². The molecule has 0 aliphatic heterocycles. The highest BCUT2D eigenvalue weighted by Gasteiger charge is 1.98. The zero-order valence-corrected chi connectivity index (χ0v) is 6.92. The highest BCUT2D eigenvalue weighted by atomic mass is 16.5. The van der Waals surface area contributed by atoms with E-state index >= 15 is 0 Å². The molecule has 0 spiro atoms. The number of nitrogens with two attached hydrogens (primary N) is 1. The first-order chi connectivity index (χ1) is 5.27. The van der Waals surface area contributed by atoms with Gasteiger partial charge >= 0.3 is 0 Å². The van der Waals surface area contributed by atoms with E-state index in [0.29, 0.717) is 6.54 Å². The molecule has 0 unspecified atom stereocenters. The Balaban J connectivity index is 3.06. The van der Waals surface area contributed by atoms with Crippen LogP contribution in [0, 0.1) is 0 Å². The number of benzene rings is 1. The molecule has 0 aliphatic carbocycles. The van der Waals surface area contributed by atoms with Gasteiger partial charge in [-0.1, -0.05) is 17.6 Å². The highest BCUT2D eigenvalue weighted by molar-refractivity contribution is 6.32. The Morgan fingerprint density at radius 3 is 2.82 bits per heavy atom. The smallest absolute Gasteiger partial charge is 0.139 e. The van der Waals surface area contributed by atoms with E-state index in [9.17, 15) is 0 Å². The lowest BCUT2D eigenvalue weighted by molar-refractivity contribution is 0.410. The van der Waals surface area contributed by atoms with Gasteiger partial charge in [0, 0.05) is 12.1 Å². The number of rotatable bonds is 2. The number of methoxy groups -OCH3 is 1. The Hall–Kier alpha value is -0.955. The van der Waals surface area contributed by atoms with E-state index in [2.05, 4.69) is 0 Å². The Morgan fingerprint density at radius 1 is 1.55 bits per heavy atom. The molecular weight excluding hydrogens is 137 g/mol. The number of ether oxygens (including phenoxy) is 1. The van der Waals surface area contributed by atoms with Crippen molar-refractivity contribution >= 4 is 13.3 Å². The molecule has 58 valence electrons. The second-order valence-corrected chi connectivity index (χ2v) is 2.52. The van der Waals surface area contributed by atoms with Gasteiger partial charge in [0.15, 0.2) is 0 Å². The molecule has 0 heterocycles. The van der Waals surface area contributed by atoms with Gasteiger partial charge < -0.3 is 10.5 Å². The van der Waals surface area contributed by atoms with Crippen LogP contribution < -0.4 is 15.9 Å². The topological polar surface area (TPSA) is 35.2 Å². The summed E-state index contributed by atoms with van der Waals surface area (Å²) in [7, 11) is 3.70. The quantitative estimate of drug-likeness (QED) is 0.570. The average molecular weight is 149 g/mol. The summed E-state index contributed by atoms with van der Waals surface area (Å²) in [6.07, 6.45) is 0. The van der Waals surface area contributed by atoms with Gasteiger partial charge in [0.2, 0.25) is 0 Å². The van der Waals surface area contributed by atoms with Crippen LogP contribution >= 0.6 is 0 Å². The number of hydrogen-bond acceptors (Lipinski definition) is 2. The van der Waals surface area contributed by atoms with Crippen LogP contribution in [0.3, 0.4) is 0 Å². The molecule has 2 nitrogen and oxygen atoms in total. The van der Waals surface area contributed by atoms with E-state index in [0.717, 1.165) is 11.3 Å². The van der Waals surface area contributed by atoms with Crippen LogP contribution in [0.5, 0.6) is 5.75 Å². The van der Waals surface area contributed by atoms with Gasteiger partial charge in [-0.3, -0.25) is 0 Å². The summed E-state index contributed by atoms with van der Waals surface area (Å²) in [5.41, 5.74) is 7.79.